The van der Waals surface area contributed by atoms with Gasteiger partial charge in [-0.1, -0.05) is 0 Å². The van der Waals surface area contributed by atoms with Crippen LogP contribution >= 0.6 is 0 Å². The summed E-state index contributed by atoms with van der Waals surface area (Å²) >= 11 is 0. The van der Waals surface area contributed by atoms with E-state index < -0.39 is 11.6 Å². The van der Waals surface area contributed by atoms with Crippen molar-refractivity contribution in [1.29, 1.82) is 5.41 Å². The van der Waals surface area contributed by atoms with E-state index in [-0.39, 0.29) is 17.7 Å². The van der Waals surface area contributed by atoms with Crippen LogP contribution < -0.4 is 10.6 Å². The second-order valence-electron chi connectivity index (χ2n) is 3.65. The molecule has 0 saturated heterocycles. The maximum Gasteiger partial charge on any atom is 0.168 e. The van der Waals surface area contributed by atoms with Crippen LogP contribution in [-0.2, 0) is 0 Å². The predicted octanol–water partition coefficient (Wildman–Crippen LogP) is 1.51. The number of anilines is 1. The first kappa shape index (κ1) is 12.4. The van der Waals surface area contributed by atoms with Gasteiger partial charge in [0.05, 0.1) is 12.0 Å². The molecule has 0 bridgehead atoms. The van der Waals surface area contributed by atoms with Crippen LogP contribution in [0.2, 0.25) is 0 Å². The number of amidine groups is 1. The van der Waals surface area contributed by atoms with Gasteiger partial charge in [0.25, 0.3) is 0 Å². The van der Waals surface area contributed by atoms with Crippen LogP contribution in [0.1, 0.15) is 13.3 Å². The summed E-state index contributed by atoms with van der Waals surface area (Å²) in [6.07, 6.45) is 1.25. The van der Waals surface area contributed by atoms with Gasteiger partial charge >= 0.3 is 0 Å². The van der Waals surface area contributed by atoms with E-state index in [0.717, 1.165) is 12.3 Å². The Morgan fingerprint density at radius 3 is 2.75 bits per heavy atom. The molecule has 0 aliphatic rings. The minimum Gasteiger partial charge on any atom is -0.388 e. The fraction of sp³-hybridized carbons (Fsp3) is 0.400. The van der Waals surface area contributed by atoms with Gasteiger partial charge in [0.15, 0.2) is 11.6 Å². The molecule has 6 heteroatoms. The zero-order valence-electron chi connectivity index (χ0n) is 9.17. The third-order valence-corrected chi connectivity index (χ3v) is 2.30. The number of hydrogen-bond donors (Lipinski definition) is 2. The van der Waals surface area contributed by atoms with Gasteiger partial charge in [0, 0.05) is 25.6 Å². The van der Waals surface area contributed by atoms with E-state index in [2.05, 4.69) is 4.98 Å². The quantitative estimate of drug-likeness (QED) is 0.606. The van der Waals surface area contributed by atoms with Crippen molar-refractivity contribution >= 4 is 11.7 Å². The Balaban J connectivity index is 2.87. The van der Waals surface area contributed by atoms with E-state index in [1.165, 1.54) is 4.90 Å². The third kappa shape index (κ3) is 2.88. The van der Waals surface area contributed by atoms with Gasteiger partial charge in [-0.25, -0.2) is 13.8 Å². The lowest BCUT2D eigenvalue weighted by molar-refractivity contribution is 0.562. The monoisotopic (exact) mass is 228 g/mol. The molecule has 0 spiro atoms. The smallest absolute Gasteiger partial charge is 0.168 e. The van der Waals surface area contributed by atoms with E-state index >= 15 is 0 Å². The molecule has 0 aliphatic carbocycles. The lowest BCUT2D eigenvalue weighted by Crippen LogP contribution is -2.34. The van der Waals surface area contributed by atoms with Crippen molar-refractivity contribution in [3.63, 3.8) is 0 Å². The maximum atomic E-state index is 13.4. The summed E-state index contributed by atoms with van der Waals surface area (Å²) in [4.78, 5) is 5.19. The average Bonchev–Trinajstić information content (AvgIpc) is 2.15. The van der Waals surface area contributed by atoms with Crippen LogP contribution in [0.3, 0.4) is 0 Å². The highest BCUT2D eigenvalue weighted by atomic mass is 19.1. The molecule has 1 aromatic rings. The normalized spacial score (nSPS) is 12.2. The first-order valence-electron chi connectivity index (χ1n) is 4.78. The molecular formula is C10H14F2N4. The van der Waals surface area contributed by atoms with Gasteiger partial charge < -0.3 is 10.6 Å². The number of aromatic nitrogens is 1. The van der Waals surface area contributed by atoms with E-state index in [9.17, 15) is 8.78 Å². The van der Waals surface area contributed by atoms with Gasteiger partial charge in [-0.05, 0) is 6.92 Å². The summed E-state index contributed by atoms with van der Waals surface area (Å²) in [5, 5.41) is 7.15. The molecule has 0 aliphatic heterocycles. The number of nitrogens with zero attached hydrogens (tertiary/aromatic N) is 2. The Bertz CT molecular complexity index is 394. The van der Waals surface area contributed by atoms with Gasteiger partial charge in [-0.3, -0.25) is 5.41 Å². The van der Waals surface area contributed by atoms with E-state index in [4.69, 9.17) is 11.1 Å². The topological polar surface area (TPSA) is 66.0 Å². The first-order valence-corrected chi connectivity index (χ1v) is 4.78. The molecule has 0 aromatic carbocycles. The Labute approximate surface area is 92.6 Å². The molecular weight excluding hydrogens is 214 g/mol. The molecule has 0 fully saturated rings. The molecule has 0 saturated carbocycles. The summed E-state index contributed by atoms with van der Waals surface area (Å²) in [5.41, 5.74) is 5.25. The molecule has 3 N–H and O–H groups in total. The van der Waals surface area contributed by atoms with E-state index in [1.54, 1.807) is 14.0 Å². The molecule has 0 amide bonds. The van der Waals surface area contributed by atoms with Crippen LogP contribution in [-0.4, -0.2) is 23.9 Å². The van der Waals surface area contributed by atoms with Crippen molar-refractivity contribution in [3.8, 4) is 0 Å². The number of hydrogen-bond acceptors (Lipinski definition) is 3. The number of nitrogens with two attached hydrogens (primary N) is 1. The van der Waals surface area contributed by atoms with Crippen molar-refractivity contribution < 1.29 is 8.78 Å². The first-order chi connectivity index (χ1) is 7.41. The van der Waals surface area contributed by atoms with Gasteiger partial charge in [-0.2, -0.15) is 0 Å². The highest BCUT2D eigenvalue weighted by Gasteiger charge is 2.16. The van der Waals surface area contributed by atoms with Crippen LogP contribution in [0, 0.1) is 17.0 Å². The van der Waals surface area contributed by atoms with Gasteiger partial charge in [-0.15, -0.1) is 0 Å². The number of halogens is 2. The standard InChI is InChI=1S/C10H14F2N4/c1-6(3-9(13)14)16(2)10-8(12)4-7(11)5-15-10/h4-6H,3H2,1-2H3,(H3,13,14). The van der Waals surface area contributed by atoms with Crippen LogP contribution in [0.4, 0.5) is 14.6 Å². The van der Waals surface area contributed by atoms with Gasteiger partial charge in [0.1, 0.15) is 5.82 Å². The highest BCUT2D eigenvalue weighted by Crippen LogP contribution is 2.18. The molecule has 4 nitrogen and oxygen atoms in total. The Kier molecular flexibility index (Phi) is 3.76. The molecule has 0 radical (unpaired) electrons. The van der Waals surface area contributed by atoms with Crippen molar-refractivity contribution in [3.05, 3.63) is 23.9 Å². The summed E-state index contributed by atoms with van der Waals surface area (Å²) in [7, 11) is 1.62. The lowest BCUT2D eigenvalue weighted by atomic mass is 10.2. The minimum absolute atomic E-state index is 0.0156. The summed E-state index contributed by atoms with van der Waals surface area (Å²) in [6.45, 7) is 1.78. The largest absolute Gasteiger partial charge is 0.388 e. The Morgan fingerprint density at radius 1 is 1.62 bits per heavy atom. The van der Waals surface area contributed by atoms with Crippen LogP contribution in [0.5, 0.6) is 0 Å². The van der Waals surface area contributed by atoms with Crippen molar-refractivity contribution in [2.75, 3.05) is 11.9 Å². The second kappa shape index (κ2) is 4.87. The number of nitrogens with one attached hydrogen (secondary N) is 1. The zero-order valence-corrected chi connectivity index (χ0v) is 9.17. The summed E-state index contributed by atoms with van der Waals surface area (Å²) in [5.74, 6) is -1.37. The fourth-order valence-electron chi connectivity index (χ4n) is 1.33. The Hall–Kier alpha value is -1.72. The molecule has 88 valence electrons. The SMILES string of the molecule is CC(CC(=N)N)N(C)c1ncc(F)cc1F. The number of rotatable bonds is 4. The molecule has 1 atom stereocenters. The molecule has 1 rings (SSSR count). The maximum absolute atomic E-state index is 13.4. The predicted molar refractivity (Wildman–Crippen MR) is 58.5 cm³/mol. The third-order valence-electron chi connectivity index (χ3n) is 2.30. The molecule has 1 heterocycles. The minimum atomic E-state index is -0.724. The van der Waals surface area contributed by atoms with E-state index in [1.807, 2.05) is 0 Å². The summed E-state index contributed by atoms with van der Waals surface area (Å²) < 4.78 is 26.0. The fourth-order valence-corrected chi connectivity index (χ4v) is 1.33. The number of pyridine rings is 1. The molecule has 1 unspecified atom stereocenters. The van der Waals surface area contributed by atoms with E-state index in [0.29, 0.717) is 6.42 Å². The molecule has 16 heavy (non-hydrogen) atoms. The molecule has 1 aromatic heterocycles. The lowest BCUT2D eigenvalue weighted by Gasteiger charge is -2.25. The van der Waals surface area contributed by atoms with Crippen molar-refractivity contribution in [2.45, 2.75) is 19.4 Å². The highest BCUT2D eigenvalue weighted by molar-refractivity contribution is 5.77. The second-order valence-corrected chi connectivity index (χ2v) is 3.65. The van der Waals surface area contributed by atoms with Crippen molar-refractivity contribution in [2.24, 2.45) is 5.73 Å². The van der Waals surface area contributed by atoms with Crippen molar-refractivity contribution in [1.82, 2.24) is 4.98 Å². The Morgan fingerprint density at radius 2 is 2.25 bits per heavy atom. The van der Waals surface area contributed by atoms with Gasteiger partial charge in [0.2, 0.25) is 0 Å². The summed E-state index contributed by atoms with van der Waals surface area (Å²) in [6, 6.07) is 0.601. The average molecular weight is 228 g/mol. The zero-order chi connectivity index (χ0) is 12.3. The van der Waals surface area contributed by atoms with Crippen LogP contribution in [0.15, 0.2) is 12.3 Å². The van der Waals surface area contributed by atoms with Crippen LogP contribution in [0.25, 0.3) is 0 Å².